The number of nitrogens with zero attached hydrogens (tertiary/aromatic N) is 4. The number of aliphatic hydroxyl groups excluding tert-OH is 2. The number of carbonyl (C=O) groups excluding carboxylic acids is 1. The van der Waals surface area contributed by atoms with Crippen LogP contribution in [0.25, 0.3) is 0 Å². The molecule has 1 aromatic heterocycles. The van der Waals surface area contributed by atoms with Crippen LogP contribution in [0.1, 0.15) is 36.7 Å². The maximum absolute atomic E-state index is 13.2. The number of amides is 1. The lowest BCUT2D eigenvalue weighted by Crippen LogP contribution is -2.54. The maximum atomic E-state index is 13.2. The molecule has 0 saturated carbocycles. The summed E-state index contributed by atoms with van der Waals surface area (Å²) in [4.78, 5) is 20.5. The van der Waals surface area contributed by atoms with Crippen LogP contribution in [-0.2, 0) is 6.54 Å². The van der Waals surface area contributed by atoms with Crippen LogP contribution in [0.3, 0.4) is 0 Å². The monoisotopic (exact) mass is 450 g/mol. The molecule has 0 saturated heterocycles. The number of imidazole rings is 1. The summed E-state index contributed by atoms with van der Waals surface area (Å²) in [6, 6.07) is 0.289. The Morgan fingerprint density at radius 2 is 2.10 bits per heavy atom. The minimum Gasteiger partial charge on any atom is -0.465 e. The third kappa shape index (κ3) is 6.00. The number of aliphatic hydroxyl groups is 2. The van der Waals surface area contributed by atoms with Gasteiger partial charge < -0.3 is 19.8 Å². The number of anilines is 1. The van der Waals surface area contributed by atoms with E-state index in [9.17, 15) is 9.90 Å². The van der Waals surface area contributed by atoms with Crippen LogP contribution in [0.5, 0.6) is 6.01 Å². The predicted octanol–water partition coefficient (Wildman–Crippen LogP) is 3.03. The summed E-state index contributed by atoms with van der Waals surface area (Å²) in [6.07, 6.45) is 7.65. The van der Waals surface area contributed by atoms with E-state index < -0.39 is 6.35 Å². The lowest BCUT2D eigenvalue weighted by atomic mass is 10.2. The molecule has 1 aliphatic heterocycles. The molecule has 1 atom stereocenters. The molecule has 0 aliphatic carbocycles. The van der Waals surface area contributed by atoms with Crippen LogP contribution >= 0.6 is 11.6 Å². The molecule has 1 unspecified atom stereocenters. The van der Waals surface area contributed by atoms with E-state index in [2.05, 4.69) is 25.1 Å². The van der Waals surface area contributed by atoms with Crippen molar-refractivity contribution in [3.63, 3.8) is 0 Å². The first-order chi connectivity index (χ1) is 14.8. The minimum absolute atomic E-state index is 0.0850. The molecule has 1 aliphatic rings. The van der Waals surface area contributed by atoms with Gasteiger partial charge in [0, 0.05) is 25.2 Å². The highest BCUT2D eigenvalue weighted by Crippen LogP contribution is 2.33. The first kappa shape index (κ1) is 24.7. The van der Waals surface area contributed by atoms with Gasteiger partial charge in [0.1, 0.15) is 0 Å². The van der Waals surface area contributed by atoms with Gasteiger partial charge in [0.05, 0.1) is 13.2 Å². The number of hydrogen-bond acceptors (Lipinski definition) is 6. The van der Waals surface area contributed by atoms with Crippen LogP contribution in [0.15, 0.2) is 48.1 Å². The summed E-state index contributed by atoms with van der Waals surface area (Å²) in [7, 11) is 1.66. The zero-order valence-electron chi connectivity index (χ0n) is 18.1. The zero-order chi connectivity index (χ0) is 23.0. The van der Waals surface area contributed by atoms with Gasteiger partial charge in [-0.3, -0.25) is 14.3 Å². The standard InChI is InChI=1S/C22H31ClN4O4/c1-5-7-14-31-21-24-19-18(20(29)26(12-8-13-28)22(30)25(19)4)27(21)15-16(3)10-11-17(23)9-6-2/h6,9-11,22,28,30H,2-3,5,7-8,12-15H2,1,4H3. The van der Waals surface area contributed by atoms with Crippen LogP contribution in [0.4, 0.5) is 5.82 Å². The number of aromatic nitrogens is 2. The van der Waals surface area contributed by atoms with E-state index >= 15 is 0 Å². The van der Waals surface area contributed by atoms with E-state index in [4.69, 9.17) is 21.4 Å². The van der Waals surface area contributed by atoms with Crippen molar-refractivity contribution in [2.24, 2.45) is 0 Å². The zero-order valence-corrected chi connectivity index (χ0v) is 18.9. The molecule has 170 valence electrons. The molecule has 0 spiro atoms. The lowest BCUT2D eigenvalue weighted by molar-refractivity contribution is 0.00112. The number of hydrogen-bond donors (Lipinski definition) is 2. The molecular formula is C22H31ClN4O4. The summed E-state index contributed by atoms with van der Waals surface area (Å²) in [5.74, 6) is -0.0427. The first-order valence-electron chi connectivity index (χ1n) is 10.3. The largest absolute Gasteiger partial charge is 0.465 e. The second kappa shape index (κ2) is 11.7. The summed E-state index contributed by atoms with van der Waals surface area (Å²) in [6.45, 7) is 10.5. The quantitative estimate of drug-likeness (QED) is 0.375. The molecule has 0 radical (unpaired) electrons. The van der Waals surface area contributed by atoms with E-state index in [1.807, 2.05) is 0 Å². The number of rotatable bonds is 12. The number of ether oxygens (including phenoxy) is 1. The molecule has 1 aromatic rings. The molecule has 2 heterocycles. The van der Waals surface area contributed by atoms with Crippen molar-refractivity contribution < 1.29 is 19.7 Å². The van der Waals surface area contributed by atoms with Gasteiger partial charge in [-0.15, -0.1) is 0 Å². The van der Waals surface area contributed by atoms with Crippen LogP contribution in [0.2, 0.25) is 0 Å². The first-order valence-corrected chi connectivity index (χ1v) is 10.6. The smallest absolute Gasteiger partial charge is 0.299 e. The number of halogens is 1. The third-order valence-electron chi connectivity index (χ3n) is 4.74. The highest BCUT2D eigenvalue weighted by Gasteiger charge is 2.40. The number of fused-ring (bicyclic) bond motifs is 1. The van der Waals surface area contributed by atoms with Gasteiger partial charge in [-0.05, 0) is 30.6 Å². The second-order valence-corrected chi connectivity index (χ2v) is 7.60. The van der Waals surface area contributed by atoms with E-state index in [0.29, 0.717) is 35.1 Å². The highest BCUT2D eigenvalue weighted by atomic mass is 35.5. The second-order valence-electron chi connectivity index (χ2n) is 7.17. The fourth-order valence-corrected chi connectivity index (χ4v) is 3.23. The predicted molar refractivity (Wildman–Crippen MR) is 122 cm³/mol. The third-order valence-corrected chi connectivity index (χ3v) is 4.99. The van der Waals surface area contributed by atoms with Gasteiger partial charge in [0.25, 0.3) is 11.9 Å². The van der Waals surface area contributed by atoms with Crippen molar-refractivity contribution in [1.29, 1.82) is 0 Å². The van der Waals surface area contributed by atoms with Gasteiger partial charge in [0.15, 0.2) is 11.5 Å². The molecule has 8 nitrogen and oxygen atoms in total. The Hall–Kier alpha value is -2.55. The highest BCUT2D eigenvalue weighted by molar-refractivity contribution is 6.31. The number of carbonyl (C=O) groups is 1. The lowest BCUT2D eigenvalue weighted by Gasteiger charge is -2.38. The topological polar surface area (TPSA) is 91.1 Å². The molecule has 0 fully saturated rings. The van der Waals surface area contributed by atoms with E-state index in [0.717, 1.165) is 12.8 Å². The molecule has 1 amide bonds. The molecule has 2 N–H and O–H groups in total. The minimum atomic E-state index is -1.18. The summed E-state index contributed by atoms with van der Waals surface area (Å²) in [5, 5.41) is 20.2. The summed E-state index contributed by atoms with van der Waals surface area (Å²) < 4.78 is 7.53. The van der Waals surface area contributed by atoms with Gasteiger partial charge in [-0.2, -0.15) is 4.98 Å². The van der Waals surface area contributed by atoms with Gasteiger partial charge >= 0.3 is 0 Å². The normalized spacial score (nSPS) is 16.7. The molecular weight excluding hydrogens is 420 g/mol. The molecule has 2 rings (SSSR count). The average Bonchev–Trinajstić information content (AvgIpc) is 3.09. The summed E-state index contributed by atoms with van der Waals surface area (Å²) in [5.41, 5.74) is 0.985. The van der Waals surface area contributed by atoms with Crippen LogP contribution in [0, 0.1) is 0 Å². The Morgan fingerprint density at radius 1 is 1.35 bits per heavy atom. The van der Waals surface area contributed by atoms with Crippen LogP contribution < -0.4 is 9.64 Å². The molecule has 0 bridgehead atoms. The van der Waals surface area contributed by atoms with Crippen molar-refractivity contribution >= 4 is 23.3 Å². The molecule has 9 heteroatoms. The van der Waals surface area contributed by atoms with Gasteiger partial charge in [-0.1, -0.05) is 50.3 Å². The SMILES string of the molecule is C=CC=C(Cl)C=CC(=C)Cn1c(OCCCC)nc2c1C(=O)N(CCCO)C(O)N2C. The van der Waals surface area contributed by atoms with Crippen LogP contribution in [-0.4, -0.2) is 63.7 Å². The fraction of sp³-hybridized carbons (Fsp3) is 0.455. The van der Waals surface area contributed by atoms with Crippen molar-refractivity contribution in [2.75, 3.05) is 31.7 Å². The summed E-state index contributed by atoms with van der Waals surface area (Å²) >= 11 is 6.07. The Labute approximate surface area is 188 Å². The van der Waals surface area contributed by atoms with Gasteiger partial charge in [-0.25, -0.2) is 0 Å². The van der Waals surface area contributed by atoms with Crippen molar-refractivity contribution in [3.05, 3.63) is 53.8 Å². The molecule has 31 heavy (non-hydrogen) atoms. The average molecular weight is 451 g/mol. The Morgan fingerprint density at radius 3 is 2.74 bits per heavy atom. The maximum Gasteiger partial charge on any atom is 0.299 e. The van der Waals surface area contributed by atoms with E-state index in [-0.39, 0.29) is 31.6 Å². The number of unbranched alkanes of at least 4 members (excludes halogenated alkanes) is 1. The fourth-order valence-electron chi connectivity index (χ4n) is 3.08. The van der Waals surface area contributed by atoms with E-state index in [1.165, 1.54) is 9.80 Å². The Balaban J connectivity index is 2.42. The Bertz CT molecular complexity index is 862. The number of allylic oxidation sites excluding steroid dienone is 6. The van der Waals surface area contributed by atoms with Crippen molar-refractivity contribution in [1.82, 2.24) is 14.5 Å². The molecule has 0 aromatic carbocycles. The van der Waals surface area contributed by atoms with Crippen molar-refractivity contribution in [3.8, 4) is 6.01 Å². The van der Waals surface area contributed by atoms with Gasteiger partial charge in [0.2, 0.25) is 6.35 Å². The van der Waals surface area contributed by atoms with E-state index in [1.54, 1.807) is 35.9 Å². The van der Waals surface area contributed by atoms with Crippen molar-refractivity contribution in [2.45, 2.75) is 39.1 Å². The Kier molecular flexibility index (Phi) is 9.36.